The average Bonchev–Trinajstić information content (AvgIpc) is 3.45. The van der Waals surface area contributed by atoms with Crippen molar-refractivity contribution < 1.29 is 14.3 Å². The monoisotopic (exact) mass is 409 g/mol. The van der Waals surface area contributed by atoms with Crippen molar-refractivity contribution in [2.75, 3.05) is 50.1 Å². The van der Waals surface area contributed by atoms with Crippen LogP contribution in [0.4, 0.5) is 11.8 Å². The van der Waals surface area contributed by atoms with Gasteiger partial charge in [-0.25, -0.2) is 4.98 Å². The highest BCUT2D eigenvalue weighted by Crippen LogP contribution is 2.43. The molecule has 156 valence electrons. The van der Waals surface area contributed by atoms with Crippen LogP contribution in [0, 0.1) is 11.3 Å². The van der Waals surface area contributed by atoms with E-state index in [0.29, 0.717) is 50.9 Å². The Balaban J connectivity index is 1.28. The number of aromatic nitrogens is 4. The molecule has 2 atom stereocenters. The zero-order chi connectivity index (χ0) is 20.6. The zero-order valence-electron chi connectivity index (χ0n) is 16.4. The maximum absolute atomic E-state index is 13.2. The molecular weight excluding hydrogens is 386 g/mol. The average molecular weight is 409 g/mol. The van der Waals surface area contributed by atoms with Gasteiger partial charge in [-0.05, 0) is 12.1 Å². The van der Waals surface area contributed by atoms with Crippen molar-refractivity contribution in [3.63, 3.8) is 0 Å². The molecule has 1 aromatic carbocycles. The van der Waals surface area contributed by atoms with E-state index in [1.54, 1.807) is 6.33 Å². The van der Waals surface area contributed by atoms with Gasteiger partial charge >= 0.3 is 0 Å². The number of hydrogen-bond acceptors (Lipinski definition) is 8. The Kier molecular flexibility index (Phi) is 4.62. The molecule has 2 fully saturated rings. The van der Waals surface area contributed by atoms with E-state index in [1.165, 1.54) is 0 Å². The number of amides is 1. The molecule has 10 heteroatoms. The first-order chi connectivity index (χ1) is 14.7. The lowest BCUT2D eigenvalue weighted by Crippen LogP contribution is -2.47. The molecule has 0 radical (unpaired) electrons. The standard InChI is InChI=1S/C20H23N7O3/c21-19-25-16-15(23-12-24-16)17(26-19)27-8-13-9-29-11-20(13,10-27)18(28)22-6-7-30-14-4-2-1-3-5-14/h1-5,12-13H,6-11H2,(H,22,28)(H3,21,23,24,25,26)/t13-,20-/m0/s1. The van der Waals surface area contributed by atoms with E-state index >= 15 is 0 Å². The number of nitrogens with zero attached hydrogens (tertiary/aromatic N) is 4. The summed E-state index contributed by atoms with van der Waals surface area (Å²) in [5.41, 5.74) is 6.48. The Morgan fingerprint density at radius 1 is 1.37 bits per heavy atom. The second-order valence-electron chi connectivity index (χ2n) is 7.67. The minimum Gasteiger partial charge on any atom is -0.492 e. The minimum absolute atomic E-state index is 0.0213. The number of hydrogen-bond donors (Lipinski definition) is 3. The van der Waals surface area contributed by atoms with Crippen LogP contribution in [-0.2, 0) is 9.53 Å². The normalized spacial score (nSPS) is 22.9. The van der Waals surface area contributed by atoms with Crippen LogP contribution in [0.15, 0.2) is 36.7 Å². The molecule has 0 saturated carbocycles. The Labute approximate surface area is 172 Å². The number of nitrogens with one attached hydrogen (secondary N) is 2. The predicted molar refractivity (Wildman–Crippen MR) is 110 cm³/mol. The number of fused-ring (bicyclic) bond motifs is 2. The molecule has 1 amide bonds. The Morgan fingerprint density at radius 3 is 3.10 bits per heavy atom. The van der Waals surface area contributed by atoms with Crippen LogP contribution in [0.5, 0.6) is 5.75 Å². The maximum atomic E-state index is 13.2. The molecule has 2 aromatic heterocycles. The summed E-state index contributed by atoms with van der Waals surface area (Å²) in [4.78, 5) is 31.1. The van der Waals surface area contributed by atoms with Crippen molar-refractivity contribution >= 4 is 28.8 Å². The molecule has 4 heterocycles. The summed E-state index contributed by atoms with van der Waals surface area (Å²) >= 11 is 0. The Hall–Kier alpha value is -3.40. The number of anilines is 2. The van der Waals surface area contributed by atoms with Crippen molar-refractivity contribution in [3.8, 4) is 5.75 Å². The molecule has 0 aliphatic carbocycles. The van der Waals surface area contributed by atoms with Crippen molar-refractivity contribution in [1.82, 2.24) is 25.3 Å². The Bertz CT molecular complexity index is 1060. The lowest BCUT2D eigenvalue weighted by Gasteiger charge is -2.26. The van der Waals surface area contributed by atoms with Crippen molar-refractivity contribution in [2.45, 2.75) is 0 Å². The van der Waals surface area contributed by atoms with Crippen LogP contribution in [0.2, 0.25) is 0 Å². The SMILES string of the molecule is Nc1nc(N2C[C@H]3COC[C@@]3(C(=O)NCCOc3ccccc3)C2)c2[nH]cnc2n1. The van der Waals surface area contributed by atoms with Gasteiger partial charge in [-0.15, -0.1) is 0 Å². The van der Waals surface area contributed by atoms with Gasteiger partial charge in [0.15, 0.2) is 11.5 Å². The molecule has 10 nitrogen and oxygen atoms in total. The van der Waals surface area contributed by atoms with E-state index in [-0.39, 0.29) is 17.8 Å². The zero-order valence-corrected chi connectivity index (χ0v) is 16.4. The van der Waals surface area contributed by atoms with Gasteiger partial charge in [0, 0.05) is 19.0 Å². The van der Waals surface area contributed by atoms with E-state index in [9.17, 15) is 4.79 Å². The van der Waals surface area contributed by atoms with E-state index < -0.39 is 5.41 Å². The highest BCUT2D eigenvalue weighted by molar-refractivity contribution is 5.88. The summed E-state index contributed by atoms with van der Waals surface area (Å²) in [6, 6.07) is 9.54. The first kappa shape index (κ1) is 18.6. The third-order valence-corrected chi connectivity index (χ3v) is 5.81. The summed E-state index contributed by atoms with van der Waals surface area (Å²) in [7, 11) is 0. The first-order valence-corrected chi connectivity index (χ1v) is 9.91. The number of H-pyrrole nitrogens is 1. The molecule has 2 aliphatic rings. The number of carbonyl (C=O) groups is 1. The highest BCUT2D eigenvalue weighted by Gasteiger charge is 2.56. The van der Waals surface area contributed by atoms with E-state index in [4.69, 9.17) is 15.2 Å². The number of ether oxygens (including phenoxy) is 2. The lowest BCUT2D eigenvalue weighted by atomic mass is 9.80. The molecule has 2 saturated heterocycles. The molecule has 3 aromatic rings. The van der Waals surface area contributed by atoms with Crippen LogP contribution in [0.25, 0.3) is 11.2 Å². The summed E-state index contributed by atoms with van der Waals surface area (Å²) in [6.07, 6.45) is 1.57. The molecular formula is C20H23N7O3. The van der Waals surface area contributed by atoms with E-state index in [1.807, 2.05) is 30.3 Å². The number of rotatable bonds is 6. The molecule has 4 N–H and O–H groups in total. The summed E-state index contributed by atoms with van der Waals surface area (Å²) in [6.45, 7) is 2.89. The van der Waals surface area contributed by atoms with Gasteiger partial charge in [0.05, 0.1) is 31.5 Å². The topological polar surface area (TPSA) is 131 Å². The van der Waals surface area contributed by atoms with Gasteiger partial charge in [0.2, 0.25) is 11.9 Å². The number of para-hydroxylation sites is 1. The third-order valence-electron chi connectivity index (χ3n) is 5.81. The number of aromatic amines is 1. The van der Waals surface area contributed by atoms with Gasteiger partial charge in [-0.2, -0.15) is 9.97 Å². The third kappa shape index (κ3) is 3.18. The molecule has 2 aliphatic heterocycles. The fourth-order valence-electron chi connectivity index (χ4n) is 4.31. The molecule has 0 spiro atoms. The molecule has 0 unspecified atom stereocenters. The summed E-state index contributed by atoms with van der Waals surface area (Å²) < 4.78 is 11.4. The maximum Gasteiger partial charge on any atom is 0.230 e. The van der Waals surface area contributed by atoms with E-state index in [0.717, 1.165) is 11.3 Å². The molecule has 5 rings (SSSR count). The number of nitrogen functional groups attached to an aromatic ring is 1. The van der Waals surface area contributed by atoms with E-state index in [2.05, 4.69) is 30.2 Å². The molecule has 30 heavy (non-hydrogen) atoms. The van der Waals surface area contributed by atoms with Crippen LogP contribution < -0.4 is 20.7 Å². The number of carbonyl (C=O) groups excluding carboxylic acids is 1. The second-order valence-corrected chi connectivity index (χ2v) is 7.67. The van der Waals surface area contributed by atoms with Crippen LogP contribution >= 0.6 is 0 Å². The largest absolute Gasteiger partial charge is 0.492 e. The van der Waals surface area contributed by atoms with Gasteiger partial charge < -0.3 is 30.4 Å². The summed E-state index contributed by atoms with van der Waals surface area (Å²) in [5.74, 6) is 1.66. The number of imidazole rings is 1. The fraction of sp³-hybridized carbons (Fsp3) is 0.400. The predicted octanol–water partition coefficient (Wildman–Crippen LogP) is 0.583. The van der Waals surface area contributed by atoms with Gasteiger partial charge in [-0.3, -0.25) is 4.79 Å². The Morgan fingerprint density at radius 2 is 2.23 bits per heavy atom. The van der Waals surface area contributed by atoms with Gasteiger partial charge in [0.1, 0.15) is 17.9 Å². The van der Waals surface area contributed by atoms with Crippen LogP contribution in [0.1, 0.15) is 0 Å². The van der Waals surface area contributed by atoms with Crippen molar-refractivity contribution in [3.05, 3.63) is 36.7 Å². The summed E-state index contributed by atoms with van der Waals surface area (Å²) in [5, 5.41) is 3.02. The van der Waals surface area contributed by atoms with Gasteiger partial charge in [-0.1, -0.05) is 18.2 Å². The lowest BCUT2D eigenvalue weighted by molar-refractivity contribution is -0.131. The van der Waals surface area contributed by atoms with Gasteiger partial charge in [0.25, 0.3) is 0 Å². The second kappa shape index (κ2) is 7.45. The minimum atomic E-state index is -0.626. The van der Waals surface area contributed by atoms with Crippen molar-refractivity contribution in [1.29, 1.82) is 0 Å². The fourth-order valence-corrected chi connectivity index (χ4v) is 4.31. The molecule has 0 bridgehead atoms. The van der Waals surface area contributed by atoms with Crippen LogP contribution in [0.3, 0.4) is 0 Å². The highest BCUT2D eigenvalue weighted by atomic mass is 16.5. The first-order valence-electron chi connectivity index (χ1n) is 9.91. The van der Waals surface area contributed by atoms with Crippen molar-refractivity contribution in [2.24, 2.45) is 11.3 Å². The quantitative estimate of drug-likeness (QED) is 0.504. The van der Waals surface area contributed by atoms with Crippen LogP contribution in [-0.4, -0.2) is 65.3 Å². The number of nitrogens with two attached hydrogens (primary N) is 1. The number of benzene rings is 1. The smallest absolute Gasteiger partial charge is 0.230 e.